The number of carbonyl (C=O) groups excluding carboxylic acids is 1. The molecule has 0 saturated heterocycles. The zero-order valence-electron chi connectivity index (χ0n) is 16.0. The van der Waals surface area contributed by atoms with E-state index in [-0.39, 0.29) is 10.5 Å². The lowest BCUT2D eigenvalue weighted by atomic mass is 10.2. The first kappa shape index (κ1) is 19.8. The third-order valence-corrected chi connectivity index (χ3v) is 6.00. The van der Waals surface area contributed by atoms with Gasteiger partial charge in [0.25, 0.3) is 5.91 Å². The number of anilines is 1. The molecule has 0 aliphatic carbocycles. The van der Waals surface area contributed by atoms with Crippen molar-refractivity contribution < 1.29 is 13.2 Å². The van der Waals surface area contributed by atoms with Gasteiger partial charge in [0.15, 0.2) is 0 Å². The monoisotopic (exact) mass is 398 g/mol. The maximum Gasteiger partial charge on any atom is 0.256 e. The number of amides is 1. The number of benzene rings is 2. The SMILES string of the molecule is Cc1cc(NC(=O)c2cccc(S(=O)(=O)N(C)C)c2)n(Cc2ccccc2)n1. The molecule has 0 atom stereocenters. The van der Waals surface area contributed by atoms with E-state index in [0.29, 0.717) is 12.4 Å². The standard InChI is InChI=1S/C20H22N4O3S/c1-15-12-19(24(22-15)14-16-8-5-4-6-9-16)21-20(25)17-10-7-11-18(13-17)28(26,27)23(2)3/h4-13H,14H2,1-3H3,(H,21,25). The smallest absolute Gasteiger partial charge is 0.256 e. The number of nitrogens with one attached hydrogen (secondary N) is 1. The minimum Gasteiger partial charge on any atom is -0.307 e. The van der Waals surface area contributed by atoms with Crippen LogP contribution in [0.4, 0.5) is 5.82 Å². The van der Waals surface area contributed by atoms with Crippen LogP contribution in [0.3, 0.4) is 0 Å². The first-order valence-corrected chi connectivity index (χ1v) is 10.1. The van der Waals surface area contributed by atoms with Gasteiger partial charge in [-0.05, 0) is 30.7 Å². The molecule has 3 aromatic rings. The molecule has 146 valence electrons. The number of rotatable bonds is 6. The van der Waals surface area contributed by atoms with Crippen molar-refractivity contribution >= 4 is 21.7 Å². The summed E-state index contributed by atoms with van der Waals surface area (Å²) in [6.45, 7) is 2.36. The minimum atomic E-state index is -3.61. The zero-order chi connectivity index (χ0) is 20.3. The van der Waals surface area contributed by atoms with Crippen molar-refractivity contribution in [3.63, 3.8) is 0 Å². The molecular weight excluding hydrogens is 376 g/mol. The Balaban J connectivity index is 1.85. The molecule has 2 aromatic carbocycles. The first-order valence-electron chi connectivity index (χ1n) is 8.69. The van der Waals surface area contributed by atoms with Crippen LogP contribution in [-0.4, -0.2) is 42.5 Å². The van der Waals surface area contributed by atoms with Crippen molar-refractivity contribution in [2.75, 3.05) is 19.4 Å². The molecule has 0 radical (unpaired) electrons. The van der Waals surface area contributed by atoms with Gasteiger partial charge in [0.05, 0.1) is 17.1 Å². The fourth-order valence-electron chi connectivity index (χ4n) is 2.72. The van der Waals surface area contributed by atoms with Gasteiger partial charge in [0, 0.05) is 25.7 Å². The van der Waals surface area contributed by atoms with Crippen LogP contribution in [0.5, 0.6) is 0 Å². The fourth-order valence-corrected chi connectivity index (χ4v) is 3.67. The van der Waals surface area contributed by atoms with Crippen LogP contribution < -0.4 is 5.32 Å². The predicted octanol–water partition coefficient (Wildman–Crippen LogP) is 2.74. The highest BCUT2D eigenvalue weighted by Gasteiger charge is 2.19. The summed E-state index contributed by atoms with van der Waals surface area (Å²) < 4.78 is 27.4. The van der Waals surface area contributed by atoms with Gasteiger partial charge < -0.3 is 5.32 Å². The summed E-state index contributed by atoms with van der Waals surface area (Å²) in [6, 6.07) is 17.5. The Kier molecular flexibility index (Phi) is 5.62. The van der Waals surface area contributed by atoms with E-state index < -0.39 is 15.9 Å². The predicted molar refractivity (Wildman–Crippen MR) is 108 cm³/mol. The van der Waals surface area contributed by atoms with Crippen molar-refractivity contribution in [2.24, 2.45) is 0 Å². The number of aryl methyl sites for hydroxylation is 1. The number of aromatic nitrogens is 2. The number of hydrogen-bond acceptors (Lipinski definition) is 4. The Morgan fingerprint density at radius 2 is 1.79 bits per heavy atom. The van der Waals surface area contributed by atoms with Gasteiger partial charge in [-0.1, -0.05) is 36.4 Å². The molecule has 7 nitrogen and oxygen atoms in total. The third-order valence-electron chi connectivity index (χ3n) is 4.19. The Labute approximate surface area is 164 Å². The van der Waals surface area contributed by atoms with Gasteiger partial charge in [0.1, 0.15) is 5.82 Å². The van der Waals surface area contributed by atoms with Gasteiger partial charge in [-0.15, -0.1) is 0 Å². The molecule has 1 aromatic heterocycles. The van der Waals surface area contributed by atoms with E-state index in [9.17, 15) is 13.2 Å². The quantitative estimate of drug-likeness (QED) is 0.692. The van der Waals surface area contributed by atoms with E-state index in [2.05, 4.69) is 10.4 Å². The third kappa shape index (κ3) is 4.29. The molecule has 1 N–H and O–H groups in total. The maximum absolute atomic E-state index is 12.7. The number of sulfonamides is 1. The van der Waals surface area contributed by atoms with E-state index in [4.69, 9.17) is 0 Å². The summed E-state index contributed by atoms with van der Waals surface area (Å²) >= 11 is 0. The van der Waals surface area contributed by atoms with Gasteiger partial charge >= 0.3 is 0 Å². The van der Waals surface area contributed by atoms with Crippen LogP contribution in [0.1, 0.15) is 21.6 Å². The van der Waals surface area contributed by atoms with Crippen molar-refractivity contribution in [1.29, 1.82) is 0 Å². The fraction of sp³-hybridized carbons (Fsp3) is 0.200. The van der Waals surface area contributed by atoms with Gasteiger partial charge in [-0.3, -0.25) is 4.79 Å². The van der Waals surface area contributed by atoms with E-state index in [1.54, 1.807) is 22.9 Å². The summed E-state index contributed by atoms with van der Waals surface area (Å²) in [5.74, 6) is 0.150. The van der Waals surface area contributed by atoms with Crippen LogP contribution in [0.25, 0.3) is 0 Å². The molecule has 0 fully saturated rings. The molecule has 3 rings (SSSR count). The lowest BCUT2D eigenvalue weighted by molar-refractivity contribution is 0.102. The second kappa shape index (κ2) is 7.95. The number of nitrogens with zero attached hydrogens (tertiary/aromatic N) is 3. The Bertz CT molecular complexity index is 1090. The largest absolute Gasteiger partial charge is 0.307 e. The van der Waals surface area contributed by atoms with Gasteiger partial charge in [-0.2, -0.15) is 5.10 Å². The molecule has 0 unspecified atom stereocenters. The van der Waals surface area contributed by atoms with Crippen LogP contribution in [-0.2, 0) is 16.6 Å². The molecular formula is C20H22N4O3S. The Morgan fingerprint density at radius 3 is 2.46 bits per heavy atom. The molecule has 0 bridgehead atoms. The van der Waals surface area contributed by atoms with E-state index in [0.717, 1.165) is 15.6 Å². The van der Waals surface area contributed by atoms with Gasteiger partial charge in [-0.25, -0.2) is 17.4 Å². The van der Waals surface area contributed by atoms with Crippen LogP contribution in [0.2, 0.25) is 0 Å². The average molecular weight is 398 g/mol. The first-order chi connectivity index (χ1) is 13.3. The normalized spacial score (nSPS) is 11.6. The van der Waals surface area contributed by atoms with Crippen LogP contribution in [0, 0.1) is 6.92 Å². The molecule has 28 heavy (non-hydrogen) atoms. The van der Waals surface area contributed by atoms with Crippen molar-refractivity contribution in [3.05, 3.63) is 77.5 Å². The summed E-state index contributed by atoms with van der Waals surface area (Å²) in [7, 11) is -0.712. The van der Waals surface area contributed by atoms with Crippen molar-refractivity contribution in [2.45, 2.75) is 18.4 Å². The minimum absolute atomic E-state index is 0.0686. The summed E-state index contributed by atoms with van der Waals surface area (Å²) in [5, 5.41) is 7.26. The highest BCUT2D eigenvalue weighted by Crippen LogP contribution is 2.18. The van der Waals surface area contributed by atoms with Crippen molar-refractivity contribution in [1.82, 2.24) is 14.1 Å². The lowest BCUT2D eigenvalue weighted by Crippen LogP contribution is -2.23. The number of carbonyl (C=O) groups is 1. The van der Waals surface area contributed by atoms with E-state index in [1.807, 2.05) is 37.3 Å². The molecule has 1 heterocycles. The second-order valence-electron chi connectivity index (χ2n) is 6.58. The maximum atomic E-state index is 12.7. The summed E-state index contributed by atoms with van der Waals surface area (Å²) in [5.41, 5.74) is 2.09. The van der Waals surface area contributed by atoms with Gasteiger partial charge in [0.2, 0.25) is 10.0 Å². The number of hydrogen-bond donors (Lipinski definition) is 1. The molecule has 0 spiro atoms. The van der Waals surface area contributed by atoms with Crippen LogP contribution >= 0.6 is 0 Å². The molecule has 0 aliphatic rings. The lowest BCUT2D eigenvalue weighted by Gasteiger charge is -2.13. The molecule has 0 aliphatic heterocycles. The molecule has 0 saturated carbocycles. The highest BCUT2D eigenvalue weighted by molar-refractivity contribution is 7.89. The topological polar surface area (TPSA) is 84.3 Å². The molecule has 1 amide bonds. The van der Waals surface area contributed by atoms with Crippen LogP contribution in [0.15, 0.2) is 65.6 Å². The molecule has 8 heteroatoms. The average Bonchev–Trinajstić information content (AvgIpc) is 3.01. The zero-order valence-corrected chi connectivity index (χ0v) is 16.8. The summed E-state index contributed by atoms with van der Waals surface area (Å²) in [6.07, 6.45) is 0. The second-order valence-corrected chi connectivity index (χ2v) is 8.74. The van der Waals surface area contributed by atoms with E-state index >= 15 is 0 Å². The Morgan fingerprint density at radius 1 is 1.07 bits per heavy atom. The summed E-state index contributed by atoms with van der Waals surface area (Å²) in [4.78, 5) is 12.8. The Hall–Kier alpha value is -2.97. The van der Waals surface area contributed by atoms with E-state index in [1.165, 1.54) is 26.2 Å². The highest BCUT2D eigenvalue weighted by atomic mass is 32.2. The van der Waals surface area contributed by atoms with Crippen molar-refractivity contribution in [3.8, 4) is 0 Å².